The molecular weight excluding hydrogens is 292 g/mol. The molecule has 6 heteroatoms. The van der Waals surface area contributed by atoms with Gasteiger partial charge in [-0.25, -0.2) is 5.10 Å². The summed E-state index contributed by atoms with van der Waals surface area (Å²) in [6, 6.07) is 1.90. The van der Waals surface area contributed by atoms with Gasteiger partial charge in [0.05, 0.1) is 17.8 Å². The Hall–Kier alpha value is -1.85. The maximum absolute atomic E-state index is 12.6. The van der Waals surface area contributed by atoms with Crippen LogP contribution in [-0.4, -0.2) is 35.2 Å². The van der Waals surface area contributed by atoms with E-state index in [-0.39, 0.29) is 17.4 Å². The molecular formula is C17H26N4O2. The molecule has 23 heavy (non-hydrogen) atoms. The minimum Gasteiger partial charge on any atom is -0.369 e. The molecule has 1 aliphatic carbocycles. The highest BCUT2D eigenvalue weighted by atomic mass is 16.2. The lowest BCUT2D eigenvalue weighted by Crippen LogP contribution is -2.46. The lowest BCUT2D eigenvalue weighted by Gasteiger charge is -2.34. The Morgan fingerprint density at radius 1 is 1.17 bits per heavy atom. The van der Waals surface area contributed by atoms with Gasteiger partial charge in [0.15, 0.2) is 0 Å². The average Bonchev–Trinajstić information content (AvgIpc) is 2.84. The molecule has 0 radical (unpaired) electrons. The molecule has 0 spiro atoms. The Labute approximate surface area is 136 Å². The second-order valence-corrected chi connectivity index (χ2v) is 6.79. The number of nitrogens with zero attached hydrogens (tertiary/aromatic N) is 2. The number of nitrogens with one attached hydrogen (secondary N) is 2. The van der Waals surface area contributed by atoms with Crippen molar-refractivity contribution < 1.29 is 4.79 Å². The van der Waals surface area contributed by atoms with Gasteiger partial charge in [-0.3, -0.25) is 9.59 Å². The van der Waals surface area contributed by atoms with Gasteiger partial charge >= 0.3 is 0 Å². The van der Waals surface area contributed by atoms with E-state index in [2.05, 4.69) is 20.4 Å². The first-order valence-corrected chi connectivity index (χ1v) is 8.82. The molecule has 2 aliphatic rings. The summed E-state index contributed by atoms with van der Waals surface area (Å²) in [5.41, 5.74) is 0.605. The molecule has 1 aromatic rings. The monoisotopic (exact) mass is 318 g/mol. The summed E-state index contributed by atoms with van der Waals surface area (Å²) in [7, 11) is 0. The number of H-pyrrole nitrogens is 1. The fourth-order valence-electron chi connectivity index (χ4n) is 3.71. The summed E-state index contributed by atoms with van der Waals surface area (Å²) >= 11 is 0. The molecule has 126 valence electrons. The first-order chi connectivity index (χ1) is 11.2. The molecule has 1 saturated carbocycles. The molecule has 6 nitrogen and oxygen atoms in total. The van der Waals surface area contributed by atoms with Crippen molar-refractivity contribution in [2.24, 2.45) is 5.92 Å². The zero-order valence-corrected chi connectivity index (χ0v) is 13.6. The van der Waals surface area contributed by atoms with Crippen LogP contribution in [-0.2, 0) is 4.79 Å². The Morgan fingerprint density at radius 3 is 2.70 bits per heavy atom. The zero-order chi connectivity index (χ0) is 16.1. The van der Waals surface area contributed by atoms with E-state index in [9.17, 15) is 9.59 Å². The van der Waals surface area contributed by atoms with Gasteiger partial charge in [-0.2, -0.15) is 5.10 Å². The molecule has 2 fully saturated rings. The first kappa shape index (κ1) is 16.0. The number of piperidine rings is 1. The van der Waals surface area contributed by atoms with Gasteiger partial charge in [-0.1, -0.05) is 25.7 Å². The van der Waals surface area contributed by atoms with E-state index in [0.717, 1.165) is 37.9 Å². The van der Waals surface area contributed by atoms with Crippen LogP contribution in [0.15, 0.2) is 17.1 Å². The first-order valence-electron chi connectivity index (χ1n) is 8.82. The van der Waals surface area contributed by atoms with Gasteiger partial charge in [-0.05, 0) is 25.7 Å². The lowest BCUT2D eigenvalue weighted by molar-refractivity contribution is -0.126. The van der Waals surface area contributed by atoms with Crippen LogP contribution in [0.2, 0.25) is 0 Å². The van der Waals surface area contributed by atoms with E-state index in [1.54, 1.807) is 12.3 Å². The number of hydrogen-bond acceptors (Lipinski definition) is 4. The molecule has 2 heterocycles. The molecule has 3 rings (SSSR count). The second kappa shape index (κ2) is 7.62. The number of anilines is 1. The third-order valence-corrected chi connectivity index (χ3v) is 5.01. The van der Waals surface area contributed by atoms with Crippen LogP contribution in [0.1, 0.15) is 51.4 Å². The summed E-state index contributed by atoms with van der Waals surface area (Å²) in [4.78, 5) is 26.1. The minimum atomic E-state index is -0.201. The smallest absolute Gasteiger partial charge is 0.266 e. The average molecular weight is 318 g/mol. The van der Waals surface area contributed by atoms with E-state index in [1.807, 2.05) is 0 Å². The molecule has 0 aromatic carbocycles. The highest BCUT2D eigenvalue weighted by molar-refractivity contribution is 5.79. The van der Waals surface area contributed by atoms with E-state index in [0.29, 0.717) is 12.6 Å². The van der Waals surface area contributed by atoms with Gasteiger partial charge in [0, 0.05) is 25.2 Å². The predicted octanol–water partition coefficient (Wildman–Crippen LogP) is 1.83. The molecule has 0 bridgehead atoms. The van der Waals surface area contributed by atoms with Crippen molar-refractivity contribution in [1.82, 2.24) is 15.5 Å². The van der Waals surface area contributed by atoms with Crippen LogP contribution in [0.4, 0.5) is 5.69 Å². The molecule has 2 N–H and O–H groups in total. The maximum Gasteiger partial charge on any atom is 0.266 e. The summed E-state index contributed by atoms with van der Waals surface area (Å²) in [5, 5.41) is 9.51. The Morgan fingerprint density at radius 2 is 1.96 bits per heavy atom. The SMILES string of the molecule is O=C(NC1CCCCCC1)C1CCCN(c2cn[nH]c(=O)c2)C1. The number of aromatic nitrogens is 2. The third kappa shape index (κ3) is 4.33. The van der Waals surface area contributed by atoms with E-state index in [1.165, 1.54) is 25.7 Å². The van der Waals surface area contributed by atoms with Crippen molar-refractivity contribution in [1.29, 1.82) is 0 Å². The van der Waals surface area contributed by atoms with Crippen molar-refractivity contribution in [2.75, 3.05) is 18.0 Å². The van der Waals surface area contributed by atoms with Crippen LogP contribution in [0.5, 0.6) is 0 Å². The topological polar surface area (TPSA) is 78.1 Å². The van der Waals surface area contributed by atoms with Gasteiger partial charge in [0.25, 0.3) is 5.56 Å². The van der Waals surface area contributed by atoms with Crippen molar-refractivity contribution in [3.05, 3.63) is 22.6 Å². The Balaban J connectivity index is 1.59. The quantitative estimate of drug-likeness (QED) is 0.834. The van der Waals surface area contributed by atoms with Crippen LogP contribution >= 0.6 is 0 Å². The normalized spacial score (nSPS) is 23.3. The van der Waals surface area contributed by atoms with Crippen LogP contribution in [0, 0.1) is 5.92 Å². The van der Waals surface area contributed by atoms with Crippen LogP contribution < -0.4 is 15.8 Å². The fourth-order valence-corrected chi connectivity index (χ4v) is 3.71. The number of carbonyl (C=O) groups is 1. The third-order valence-electron chi connectivity index (χ3n) is 5.01. The number of carbonyl (C=O) groups excluding carboxylic acids is 1. The molecule has 1 unspecified atom stereocenters. The summed E-state index contributed by atoms with van der Waals surface area (Å²) in [6.45, 7) is 1.54. The second-order valence-electron chi connectivity index (χ2n) is 6.79. The van der Waals surface area contributed by atoms with Crippen LogP contribution in [0.25, 0.3) is 0 Å². The standard InChI is InChI=1S/C17H26N4O2/c22-16-10-15(11-18-20-16)21-9-5-6-13(12-21)17(23)19-14-7-3-1-2-4-8-14/h10-11,13-14H,1-9,12H2,(H,19,23)(H,20,22). The summed E-state index contributed by atoms with van der Waals surface area (Å²) < 4.78 is 0. The molecule has 1 aliphatic heterocycles. The van der Waals surface area contributed by atoms with Crippen molar-refractivity contribution in [2.45, 2.75) is 57.4 Å². The fraction of sp³-hybridized carbons (Fsp3) is 0.706. The van der Waals surface area contributed by atoms with Crippen molar-refractivity contribution in [3.8, 4) is 0 Å². The van der Waals surface area contributed by atoms with Crippen LogP contribution in [0.3, 0.4) is 0 Å². The lowest BCUT2D eigenvalue weighted by atomic mass is 9.96. The van der Waals surface area contributed by atoms with Gasteiger partial charge in [-0.15, -0.1) is 0 Å². The Kier molecular flexibility index (Phi) is 5.31. The van der Waals surface area contributed by atoms with Gasteiger partial charge < -0.3 is 10.2 Å². The number of hydrogen-bond donors (Lipinski definition) is 2. The Bertz CT molecular complexity index is 578. The van der Waals surface area contributed by atoms with Gasteiger partial charge in [0.2, 0.25) is 5.91 Å². The number of rotatable bonds is 3. The van der Waals surface area contributed by atoms with Gasteiger partial charge in [0.1, 0.15) is 0 Å². The molecule has 1 atom stereocenters. The number of aromatic amines is 1. The molecule has 1 aromatic heterocycles. The largest absolute Gasteiger partial charge is 0.369 e. The minimum absolute atomic E-state index is 0.00582. The number of amides is 1. The van der Waals surface area contributed by atoms with Crippen molar-refractivity contribution in [3.63, 3.8) is 0 Å². The summed E-state index contributed by atoms with van der Waals surface area (Å²) in [5.74, 6) is 0.186. The summed E-state index contributed by atoms with van der Waals surface area (Å²) in [6.07, 6.45) is 10.8. The predicted molar refractivity (Wildman–Crippen MR) is 89.4 cm³/mol. The molecule has 1 saturated heterocycles. The maximum atomic E-state index is 12.6. The highest BCUT2D eigenvalue weighted by Gasteiger charge is 2.27. The zero-order valence-electron chi connectivity index (χ0n) is 13.6. The highest BCUT2D eigenvalue weighted by Crippen LogP contribution is 2.23. The van der Waals surface area contributed by atoms with E-state index < -0.39 is 0 Å². The molecule has 1 amide bonds. The van der Waals surface area contributed by atoms with E-state index >= 15 is 0 Å². The van der Waals surface area contributed by atoms with Crippen molar-refractivity contribution >= 4 is 11.6 Å². The van der Waals surface area contributed by atoms with E-state index in [4.69, 9.17) is 0 Å².